The van der Waals surface area contributed by atoms with Crippen molar-refractivity contribution in [1.29, 1.82) is 0 Å². The Morgan fingerprint density at radius 3 is 2.65 bits per heavy atom. The van der Waals surface area contributed by atoms with Gasteiger partial charge < -0.3 is 4.90 Å². The largest absolute Gasteiger partial charge is 0.338 e. The van der Waals surface area contributed by atoms with Crippen LogP contribution >= 0.6 is 0 Å². The summed E-state index contributed by atoms with van der Waals surface area (Å²) in [6.45, 7) is 5.31. The molecule has 0 aliphatic carbocycles. The molecule has 1 fully saturated rings. The molecular formula is C24H24N6O. The number of aryl methyl sites for hydroxylation is 2. The molecule has 0 radical (unpaired) electrons. The third-order valence-electron chi connectivity index (χ3n) is 6.10. The van der Waals surface area contributed by atoms with E-state index >= 15 is 0 Å². The molecule has 1 aliphatic rings. The predicted octanol–water partition coefficient (Wildman–Crippen LogP) is 4.05. The quantitative estimate of drug-likeness (QED) is 0.548. The molecule has 5 rings (SSSR count). The molecule has 7 heteroatoms. The van der Waals surface area contributed by atoms with E-state index in [2.05, 4.69) is 25.1 Å². The Hall–Kier alpha value is -3.61. The normalized spacial score (nSPS) is 16.6. The van der Waals surface area contributed by atoms with Gasteiger partial charge in [-0.25, -0.2) is 9.97 Å². The number of piperidine rings is 1. The number of hydrogen-bond acceptors (Lipinski definition) is 5. The number of hydrogen-bond donors (Lipinski definition) is 1. The number of aromatic amines is 1. The molecule has 0 spiro atoms. The Bertz CT molecular complexity index is 1250. The second kappa shape index (κ2) is 7.91. The summed E-state index contributed by atoms with van der Waals surface area (Å²) in [4.78, 5) is 28.5. The van der Waals surface area contributed by atoms with Gasteiger partial charge in [-0.3, -0.25) is 14.9 Å². The van der Waals surface area contributed by atoms with E-state index < -0.39 is 0 Å². The van der Waals surface area contributed by atoms with Crippen molar-refractivity contribution in [3.63, 3.8) is 0 Å². The molecule has 0 bridgehead atoms. The van der Waals surface area contributed by atoms with E-state index in [9.17, 15) is 4.79 Å². The first kappa shape index (κ1) is 19.4. The van der Waals surface area contributed by atoms with Crippen molar-refractivity contribution in [2.75, 3.05) is 13.1 Å². The molecule has 1 saturated heterocycles. The highest BCUT2D eigenvalue weighted by Crippen LogP contribution is 2.33. The molecule has 4 heterocycles. The van der Waals surface area contributed by atoms with Crippen LogP contribution in [0.4, 0.5) is 0 Å². The maximum absolute atomic E-state index is 13.3. The number of benzene rings is 1. The number of carbonyl (C=O) groups excluding carboxylic acids is 1. The highest BCUT2D eigenvalue weighted by molar-refractivity contribution is 5.97. The highest BCUT2D eigenvalue weighted by atomic mass is 16.2. The summed E-state index contributed by atoms with van der Waals surface area (Å²) in [5.41, 5.74) is 7.28. The summed E-state index contributed by atoms with van der Waals surface area (Å²) in [6.07, 6.45) is 7.41. The SMILES string of the molecule is Cc1nc2ccc(C(=O)N3CCC[C@@H](c4[nH]ncc4-c4ccncc4)C3)cc2nc1C. The first-order chi connectivity index (χ1) is 15.1. The standard InChI is InChI=1S/C24H24N6O/c1-15-16(2)28-22-12-18(5-6-21(22)27-15)24(31)30-11-3-4-19(14-30)23-20(13-26-29-23)17-7-9-25-10-8-17/h5-10,12-13,19H,3-4,11,14H2,1-2H3,(H,26,29)/t19-/m1/s1. The van der Waals surface area contributed by atoms with Gasteiger partial charge in [0.2, 0.25) is 0 Å². The molecular weight excluding hydrogens is 388 g/mol. The summed E-state index contributed by atoms with van der Waals surface area (Å²) in [5, 5.41) is 7.47. The van der Waals surface area contributed by atoms with E-state index in [0.29, 0.717) is 12.1 Å². The minimum Gasteiger partial charge on any atom is -0.338 e. The van der Waals surface area contributed by atoms with E-state index in [-0.39, 0.29) is 11.8 Å². The number of H-pyrrole nitrogens is 1. The zero-order chi connectivity index (χ0) is 21.4. The third kappa shape index (κ3) is 3.67. The summed E-state index contributed by atoms with van der Waals surface area (Å²) in [5.74, 6) is 0.255. The lowest BCUT2D eigenvalue weighted by Crippen LogP contribution is -2.39. The number of pyridine rings is 1. The molecule has 156 valence electrons. The summed E-state index contributed by atoms with van der Waals surface area (Å²) in [7, 11) is 0. The zero-order valence-corrected chi connectivity index (χ0v) is 17.7. The molecule has 3 aromatic heterocycles. The fourth-order valence-corrected chi connectivity index (χ4v) is 4.31. The molecule has 7 nitrogen and oxygen atoms in total. The first-order valence-corrected chi connectivity index (χ1v) is 10.6. The number of nitrogens with zero attached hydrogens (tertiary/aromatic N) is 5. The lowest BCUT2D eigenvalue weighted by Gasteiger charge is -2.33. The van der Waals surface area contributed by atoms with E-state index in [1.54, 1.807) is 12.4 Å². The van der Waals surface area contributed by atoms with Crippen LogP contribution in [0.1, 0.15) is 46.2 Å². The van der Waals surface area contributed by atoms with Crippen molar-refractivity contribution in [1.82, 2.24) is 30.0 Å². The van der Waals surface area contributed by atoms with Crippen LogP contribution in [0.3, 0.4) is 0 Å². The molecule has 4 aromatic rings. The molecule has 0 saturated carbocycles. The Morgan fingerprint density at radius 2 is 1.84 bits per heavy atom. The topological polar surface area (TPSA) is 87.7 Å². The van der Waals surface area contributed by atoms with Crippen LogP contribution in [-0.4, -0.2) is 49.0 Å². The fourth-order valence-electron chi connectivity index (χ4n) is 4.31. The van der Waals surface area contributed by atoms with Gasteiger partial charge in [0.05, 0.1) is 28.6 Å². The average molecular weight is 412 g/mol. The Balaban J connectivity index is 1.40. The first-order valence-electron chi connectivity index (χ1n) is 10.6. The van der Waals surface area contributed by atoms with Crippen LogP contribution in [-0.2, 0) is 0 Å². The van der Waals surface area contributed by atoms with Gasteiger partial charge in [0.1, 0.15) is 0 Å². The molecule has 1 aromatic carbocycles. The number of nitrogens with one attached hydrogen (secondary N) is 1. The van der Waals surface area contributed by atoms with Gasteiger partial charge in [-0.15, -0.1) is 0 Å². The maximum Gasteiger partial charge on any atom is 0.253 e. The number of aromatic nitrogens is 5. The molecule has 1 amide bonds. The van der Waals surface area contributed by atoms with Gasteiger partial charge in [0.25, 0.3) is 5.91 Å². The van der Waals surface area contributed by atoms with E-state index in [0.717, 1.165) is 58.6 Å². The van der Waals surface area contributed by atoms with Gasteiger partial charge in [0.15, 0.2) is 0 Å². The maximum atomic E-state index is 13.3. The predicted molar refractivity (Wildman–Crippen MR) is 119 cm³/mol. The van der Waals surface area contributed by atoms with Crippen molar-refractivity contribution in [3.8, 4) is 11.1 Å². The lowest BCUT2D eigenvalue weighted by molar-refractivity contribution is 0.0706. The number of amides is 1. The van der Waals surface area contributed by atoms with Crippen LogP contribution in [0.5, 0.6) is 0 Å². The minimum absolute atomic E-state index is 0.0385. The second-order valence-electron chi connectivity index (χ2n) is 8.12. The smallest absolute Gasteiger partial charge is 0.253 e. The van der Waals surface area contributed by atoms with Gasteiger partial charge in [0, 0.05) is 48.2 Å². The van der Waals surface area contributed by atoms with Crippen LogP contribution in [0, 0.1) is 13.8 Å². The highest BCUT2D eigenvalue weighted by Gasteiger charge is 2.28. The van der Waals surface area contributed by atoms with Crippen LogP contribution in [0.15, 0.2) is 48.9 Å². The van der Waals surface area contributed by atoms with E-state index in [4.69, 9.17) is 0 Å². The number of rotatable bonds is 3. The zero-order valence-electron chi connectivity index (χ0n) is 17.7. The van der Waals surface area contributed by atoms with Crippen LogP contribution in [0.2, 0.25) is 0 Å². The fraction of sp³-hybridized carbons (Fsp3) is 0.292. The second-order valence-corrected chi connectivity index (χ2v) is 8.12. The lowest BCUT2D eigenvalue weighted by atomic mass is 9.90. The van der Waals surface area contributed by atoms with Crippen molar-refractivity contribution >= 4 is 16.9 Å². The van der Waals surface area contributed by atoms with Crippen LogP contribution < -0.4 is 0 Å². The van der Waals surface area contributed by atoms with Gasteiger partial charge in [-0.1, -0.05) is 0 Å². The molecule has 1 aliphatic heterocycles. The number of fused-ring (bicyclic) bond motifs is 1. The van der Waals surface area contributed by atoms with Gasteiger partial charge >= 0.3 is 0 Å². The Morgan fingerprint density at radius 1 is 1.06 bits per heavy atom. The number of likely N-dealkylation sites (tertiary alicyclic amines) is 1. The molecule has 0 unspecified atom stereocenters. The van der Waals surface area contributed by atoms with Crippen molar-refractivity contribution in [2.45, 2.75) is 32.6 Å². The third-order valence-corrected chi connectivity index (χ3v) is 6.10. The average Bonchev–Trinajstić information content (AvgIpc) is 3.30. The van der Waals surface area contributed by atoms with E-state index in [1.165, 1.54) is 0 Å². The minimum atomic E-state index is 0.0385. The Labute approximate surface area is 180 Å². The van der Waals surface area contributed by atoms with Gasteiger partial charge in [-0.05, 0) is 62.6 Å². The van der Waals surface area contributed by atoms with Crippen molar-refractivity contribution in [3.05, 3.63) is 71.6 Å². The van der Waals surface area contributed by atoms with Crippen LogP contribution in [0.25, 0.3) is 22.2 Å². The summed E-state index contributed by atoms with van der Waals surface area (Å²) in [6, 6.07) is 9.58. The Kier molecular flexibility index (Phi) is 4.94. The van der Waals surface area contributed by atoms with E-state index in [1.807, 2.05) is 55.3 Å². The van der Waals surface area contributed by atoms with Gasteiger partial charge in [-0.2, -0.15) is 5.10 Å². The molecule has 1 atom stereocenters. The van der Waals surface area contributed by atoms with Crippen molar-refractivity contribution < 1.29 is 4.79 Å². The van der Waals surface area contributed by atoms with Crippen molar-refractivity contribution in [2.24, 2.45) is 0 Å². The summed E-state index contributed by atoms with van der Waals surface area (Å²) < 4.78 is 0. The monoisotopic (exact) mass is 412 g/mol. The molecule has 1 N–H and O–H groups in total. The summed E-state index contributed by atoms with van der Waals surface area (Å²) >= 11 is 0. The molecule has 31 heavy (non-hydrogen) atoms. The number of carbonyl (C=O) groups is 1.